The minimum Gasteiger partial charge on any atom is -0.326 e. The van der Waals surface area contributed by atoms with Crippen molar-refractivity contribution in [2.45, 2.75) is 25.5 Å². The van der Waals surface area contributed by atoms with Crippen LogP contribution in [0.5, 0.6) is 0 Å². The lowest BCUT2D eigenvalue weighted by Gasteiger charge is -2.06. The summed E-state index contributed by atoms with van der Waals surface area (Å²) < 4.78 is 10.5. The topological polar surface area (TPSA) is 37.3 Å². The normalized spacial score (nSPS) is 20.9. The van der Waals surface area contributed by atoms with Gasteiger partial charge in [0.05, 0.1) is 0 Å². The molecule has 0 aliphatic rings. The van der Waals surface area contributed by atoms with Gasteiger partial charge in [0.1, 0.15) is 0 Å². The molecule has 0 spiro atoms. The van der Waals surface area contributed by atoms with E-state index in [1.54, 1.807) is 0 Å². The minimum absolute atomic E-state index is 0.165. The van der Waals surface area contributed by atoms with E-state index in [2.05, 4.69) is 0 Å². The fraction of sp³-hybridized carbons (Fsp3) is 1.00. The summed E-state index contributed by atoms with van der Waals surface area (Å²) in [6.07, 6.45) is 0.863. The van der Waals surface area contributed by atoms with Gasteiger partial charge in [-0.3, -0.25) is 4.57 Å². The van der Waals surface area contributed by atoms with Gasteiger partial charge < -0.3 is 4.89 Å². The molecular weight excluding hydrogens is 179 g/mol. The molecule has 56 valence electrons. The predicted molar refractivity (Wildman–Crippen MR) is 43.0 cm³/mol. The summed E-state index contributed by atoms with van der Waals surface area (Å²) in [7, 11) is 0. The second-order valence-electron chi connectivity index (χ2n) is 1.78. The van der Waals surface area contributed by atoms with Crippen LogP contribution in [-0.4, -0.2) is 10.1 Å². The van der Waals surface area contributed by atoms with E-state index in [9.17, 15) is 4.57 Å². The van der Waals surface area contributed by atoms with Crippen LogP contribution in [0.1, 0.15) is 20.3 Å². The minimum atomic E-state index is -3.35. The largest absolute Gasteiger partial charge is 0.344 e. The van der Waals surface area contributed by atoms with Crippen LogP contribution in [0.25, 0.3) is 0 Å². The van der Waals surface area contributed by atoms with Gasteiger partial charge in [-0.15, -0.1) is 0 Å². The lowest BCUT2D eigenvalue weighted by Crippen LogP contribution is -1.89. The summed E-state index contributed by atoms with van der Waals surface area (Å²) in [5, 5.41) is 0.165. The predicted octanol–water partition coefficient (Wildman–Crippen LogP) is 2.86. The Morgan fingerprint density at radius 1 is 1.89 bits per heavy atom. The van der Waals surface area contributed by atoms with Gasteiger partial charge in [-0.1, -0.05) is 25.2 Å². The number of halogens is 1. The monoisotopic (exact) mass is 188 g/mol. The Morgan fingerprint density at radius 2 is 2.33 bits per heavy atom. The maximum atomic E-state index is 10.5. The first-order valence-electron chi connectivity index (χ1n) is 2.66. The highest BCUT2D eigenvalue weighted by Crippen LogP contribution is 2.61. The molecule has 0 aromatic heterocycles. The summed E-state index contributed by atoms with van der Waals surface area (Å²) in [4.78, 5) is 8.60. The van der Waals surface area contributed by atoms with Crippen molar-refractivity contribution in [2.75, 3.05) is 0 Å². The molecular formula is C4H10ClO2PS. The standard InChI is InChI=1S/C4H10ClO2PS/c1-3-4(2)9-8(5,6)7/h4H,3H2,1-2H3,(H,6,7). The van der Waals surface area contributed by atoms with Crippen LogP contribution in [0.15, 0.2) is 0 Å². The van der Waals surface area contributed by atoms with Crippen molar-refractivity contribution in [2.24, 2.45) is 0 Å². The highest BCUT2D eigenvalue weighted by Gasteiger charge is 2.17. The zero-order valence-electron chi connectivity index (χ0n) is 5.37. The first kappa shape index (κ1) is 9.83. The van der Waals surface area contributed by atoms with Crippen molar-refractivity contribution in [3.05, 3.63) is 0 Å². The first-order chi connectivity index (χ1) is 3.95. The van der Waals surface area contributed by atoms with Gasteiger partial charge in [0.25, 0.3) is 0 Å². The molecule has 0 aliphatic carbocycles. The van der Waals surface area contributed by atoms with E-state index in [1.165, 1.54) is 0 Å². The van der Waals surface area contributed by atoms with Gasteiger partial charge in [-0.25, -0.2) is 0 Å². The van der Waals surface area contributed by atoms with E-state index in [4.69, 9.17) is 16.1 Å². The van der Waals surface area contributed by atoms with Gasteiger partial charge in [-0.05, 0) is 17.7 Å². The molecule has 0 saturated carbocycles. The zero-order chi connectivity index (χ0) is 7.49. The molecule has 2 atom stereocenters. The Bertz CT molecular complexity index is 124. The molecule has 0 aliphatic heterocycles. The van der Waals surface area contributed by atoms with Crippen molar-refractivity contribution in [3.63, 3.8) is 0 Å². The Labute approximate surface area is 64.0 Å². The average molecular weight is 189 g/mol. The van der Waals surface area contributed by atoms with Crippen LogP contribution in [0.2, 0.25) is 0 Å². The van der Waals surface area contributed by atoms with Crippen molar-refractivity contribution >= 4 is 28.5 Å². The number of hydrogen-bond acceptors (Lipinski definition) is 2. The molecule has 5 heteroatoms. The summed E-state index contributed by atoms with van der Waals surface area (Å²) in [5.41, 5.74) is 0. The van der Waals surface area contributed by atoms with E-state index in [1.807, 2.05) is 13.8 Å². The van der Waals surface area contributed by atoms with Crippen LogP contribution in [0.4, 0.5) is 0 Å². The third-order valence-corrected chi connectivity index (χ3v) is 4.42. The van der Waals surface area contributed by atoms with Crippen LogP contribution in [0.3, 0.4) is 0 Å². The molecule has 0 aromatic rings. The molecule has 0 heterocycles. The van der Waals surface area contributed by atoms with Crippen molar-refractivity contribution in [1.82, 2.24) is 0 Å². The molecule has 2 nitrogen and oxygen atoms in total. The fourth-order valence-corrected chi connectivity index (χ4v) is 3.89. The molecule has 0 radical (unpaired) electrons. The number of rotatable bonds is 3. The Kier molecular flexibility index (Phi) is 4.22. The van der Waals surface area contributed by atoms with Crippen LogP contribution in [-0.2, 0) is 4.57 Å². The molecule has 0 fully saturated rings. The third kappa shape index (κ3) is 6.72. The quantitative estimate of drug-likeness (QED) is 0.692. The van der Waals surface area contributed by atoms with Crippen molar-refractivity contribution < 1.29 is 9.46 Å². The highest BCUT2D eigenvalue weighted by atomic mass is 35.7. The summed E-state index contributed by atoms with van der Waals surface area (Å²) >= 11 is 6.01. The average Bonchev–Trinajstić information content (AvgIpc) is 1.62. The van der Waals surface area contributed by atoms with Gasteiger partial charge in [0, 0.05) is 5.25 Å². The third-order valence-electron chi connectivity index (χ3n) is 0.885. The fourth-order valence-electron chi connectivity index (χ4n) is 0.296. The van der Waals surface area contributed by atoms with Crippen molar-refractivity contribution in [3.8, 4) is 0 Å². The molecule has 0 saturated heterocycles. The zero-order valence-corrected chi connectivity index (χ0v) is 7.84. The molecule has 0 rings (SSSR count). The van der Waals surface area contributed by atoms with Crippen LogP contribution in [0, 0.1) is 0 Å². The molecule has 9 heavy (non-hydrogen) atoms. The summed E-state index contributed by atoms with van der Waals surface area (Å²) in [6, 6.07) is 0. The summed E-state index contributed by atoms with van der Waals surface area (Å²) in [6.45, 7) is 3.82. The molecule has 1 N–H and O–H groups in total. The van der Waals surface area contributed by atoms with Gasteiger partial charge >= 0.3 is 5.92 Å². The lowest BCUT2D eigenvalue weighted by molar-refractivity contribution is 0.513. The van der Waals surface area contributed by atoms with E-state index < -0.39 is 5.92 Å². The SMILES string of the molecule is CCC(C)SP(=O)(O)Cl. The van der Waals surface area contributed by atoms with Crippen molar-refractivity contribution in [1.29, 1.82) is 0 Å². The van der Waals surface area contributed by atoms with Gasteiger partial charge in [-0.2, -0.15) is 0 Å². The maximum absolute atomic E-state index is 10.5. The maximum Gasteiger partial charge on any atom is 0.344 e. The molecule has 0 bridgehead atoms. The van der Waals surface area contributed by atoms with Gasteiger partial charge in [0.15, 0.2) is 0 Å². The van der Waals surface area contributed by atoms with E-state index >= 15 is 0 Å². The second kappa shape index (κ2) is 3.87. The Morgan fingerprint density at radius 3 is 2.44 bits per heavy atom. The first-order valence-corrected chi connectivity index (χ1v) is 6.71. The molecule has 2 unspecified atom stereocenters. The summed E-state index contributed by atoms with van der Waals surface area (Å²) in [5.74, 6) is -3.35. The second-order valence-corrected chi connectivity index (χ2v) is 7.79. The van der Waals surface area contributed by atoms with E-state index in [0.717, 1.165) is 17.8 Å². The van der Waals surface area contributed by atoms with E-state index in [0.29, 0.717) is 0 Å². The smallest absolute Gasteiger partial charge is 0.326 e. The van der Waals surface area contributed by atoms with Crippen LogP contribution >= 0.6 is 28.5 Å². The Hall–Kier alpha value is 0.830. The lowest BCUT2D eigenvalue weighted by atomic mass is 10.4. The van der Waals surface area contributed by atoms with E-state index in [-0.39, 0.29) is 5.25 Å². The highest BCUT2D eigenvalue weighted by molar-refractivity contribution is 8.63. The molecule has 0 aromatic carbocycles. The Balaban J connectivity index is 3.60. The van der Waals surface area contributed by atoms with Gasteiger partial charge in [0.2, 0.25) is 0 Å². The number of hydrogen-bond donors (Lipinski definition) is 1. The van der Waals surface area contributed by atoms with Crippen LogP contribution < -0.4 is 0 Å². The molecule has 0 amide bonds.